The number of aromatic carboxylic acids is 2. The summed E-state index contributed by atoms with van der Waals surface area (Å²) in [4.78, 5) is 44.7. The van der Waals surface area contributed by atoms with Crippen molar-refractivity contribution in [2.45, 2.75) is 69.4 Å². The molecule has 3 aromatic rings. The Morgan fingerprint density at radius 1 is 0.860 bits per heavy atom. The van der Waals surface area contributed by atoms with E-state index in [1.165, 1.54) is 50.7 Å². The molecule has 0 aliphatic heterocycles. The van der Waals surface area contributed by atoms with Gasteiger partial charge in [0.1, 0.15) is 29.8 Å². The van der Waals surface area contributed by atoms with Gasteiger partial charge in [0.25, 0.3) is 5.91 Å². The molecule has 0 saturated heterocycles. The van der Waals surface area contributed by atoms with Gasteiger partial charge in [0.15, 0.2) is 0 Å². The number of hydrogen-bond acceptors (Lipinski definition) is 10. The summed E-state index contributed by atoms with van der Waals surface area (Å²) >= 11 is 0. The molecule has 4 aliphatic carbocycles. The highest BCUT2D eigenvalue weighted by Crippen LogP contribution is 2.61. The predicted molar refractivity (Wildman–Crippen MR) is 182 cm³/mol. The molecule has 0 spiro atoms. The topological polar surface area (TPSA) is 246 Å². The van der Waals surface area contributed by atoms with Crippen LogP contribution in [0.2, 0.25) is 0 Å². The zero-order valence-electron chi connectivity index (χ0n) is 27.8. The number of aliphatic hydroxyl groups is 5. The minimum absolute atomic E-state index is 0.0936. The summed E-state index contributed by atoms with van der Waals surface area (Å²) in [7, 11) is 1.57. The second-order valence-electron chi connectivity index (χ2n) is 14.1. The number of hydrogen-bond donors (Lipinski definition) is 10. The summed E-state index contributed by atoms with van der Waals surface area (Å²) in [5.41, 5.74) is 1.77. The molecule has 4 atom stereocenters. The molecule has 4 saturated carbocycles. The van der Waals surface area contributed by atoms with Crippen molar-refractivity contribution in [3.63, 3.8) is 0 Å². The third kappa shape index (κ3) is 8.57. The molecule has 50 heavy (non-hydrogen) atoms. The first-order valence-corrected chi connectivity index (χ1v) is 16.9. The molecule has 1 amide bonds. The zero-order valence-corrected chi connectivity index (χ0v) is 27.8. The normalized spacial score (nSPS) is 24.4. The van der Waals surface area contributed by atoms with E-state index in [1.54, 1.807) is 7.05 Å². The average molecular weight is 695 g/mol. The number of carboxylic acid groups (broad SMARTS) is 2. The van der Waals surface area contributed by atoms with Crippen LogP contribution >= 0.6 is 0 Å². The fourth-order valence-corrected chi connectivity index (χ4v) is 8.37. The number of imidazole rings is 1. The van der Waals surface area contributed by atoms with E-state index in [0.29, 0.717) is 5.82 Å². The molecule has 7 rings (SSSR count). The SMILES string of the molecule is CNC[C@H](O)[C@@H](O)[C@H](O)[C@H](O)CO.O=C(O)c1cc(NC(=O)c2nc(-c3ccccc3)[nH]c2CC23CC4CC(CC(C4)C2)C3)cc(C(=O)O)c1. The maximum atomic E-state index is 13.5. The van der Waals surface area contributed by atoms with E-state index in [4.69, 9.17) is 20.4 Å². The molecular weight excluding hydrogens is 648 g/mol. The van der Waals surface area contributed by atoms with Crippen molar-refractivity contribution in [2.75, 3.05) is 25.5 Å². The van der Waals surface area contributed by atoms with Crippen LogP contribution < -0.4 is 10.6 Å². The first-order chi connectivity index (χ1) is 23.8. The third-order valence-corrected chi connectivity index (χ3v) is 10.2. The number of likely N-dealkylation sites (N-methyl/N-ethyl adjacent to an activating group) is 1. The van der Waals surface area contributed by atoms with Crippen LogP contribution in [0.15, 0.2) is 48.5 Å². The summed E-state index contributed by atoms with van der Waals surface area (Å²) in [6.45, 7) is -0.569. The van der Waals surface area contributed by atoms with Crippen LogP contribution in [0, 0.1) is 23.2 Å². The Morgan fingerprint density at radius 2 is 1.40 bits per heavy atom. The quantitative estimate of drug-likeness (QED) is 0.124. The number of carbonyl (C=O) groups is 3. The van der Waals surface area contributed by atoms with E-state index in [9.17, 15) is 29.7 Å². The predicted octanol–water partition coefficient (Wildman–Crippen LogP) is 2.13. The highest BCUT2D eigenvalue weighted by Gasteiger charge is 2.51. The lowest BCUT2D eigenvalue weighted by Crippen LogP contribution is -2.48. The molecule has 0 unspecified atom stereocenters. The van der Waals surface area contributed by atoms with Crippen molar-refractivity contribution >= 4 is 23.5 Å². The van der Waals surface area contributed by atoms with Crippen LogP contribution in [0.1, 0.15) is 75.4 Å². The Morgan fingerprint density at radius 3 is 1.90 bits per heavy atom. The molecule has 14 heteroatoms. The number of benzene rings is 2. The summed E-state index contributed by atoms with van der Waals surface area (Å²) in [5, 5.41) is 69.0. The standard InChI is InChI=1S/C29H29N3O5.C7H17NO5/c33-26(30-22-10-20(27(34)35)9-21(11-22)28(36)37)24-23(31-25(32-24)19-4-2-1-3-5-19)15-29-12-16-6-17(13-29)8-18(7-16)14-29;1-8-2-4(10)6(12)7(13)5(11)3-9/h1-5,9-11,16-18H,6-8,12-15H2,(H,30,33)(H,31,32)(H,34,35)(H,36,37);4-13H,2-3H2,1H3/t;4-,5+,6+,7+/m.0/s1. The number of nitrogens with zero attached hydrogens (tertiary/aromatic N) is 1. The average Bonchev–Trinajstić information content (AvgIpc) is 3.50. The lowest BCUT2D eigenvalue weighted by Gasteiger charge is -2.57. The number of nitrogens with one attached hydrogen (secondary N) is 3. The van der Waals surface area contributed by atoms with Crippen LogP contribution in [-0.2, 0) is 6.42 Å². The van der Waals surface area contributed by atoms with Crippen molar-refractivity contribution in [3.8, 4) is 11.4 Å². The van der Waals surface area contributed by atoms with Gasteiger partial charge in [-0.1, -0.05) is 30.3 Å². The molecule has 270 valence electrons. The fourth-order valence-electron chi connectivity index (χ4n) is 8.37. The van der Waals surface area contributed by atoms with E-state index < -0.39 is 48.9 Å². The molecule has 4 fully saturated rings. The van der Waals surface area contributed by atoms with E-state index in [0.717, 1.165) is 41.5 Å². The first-order valence-electron chi connectivity index (χ1n) is 16.9. The second-order valence-corrected chi connectivity index (χ2v) is 14.1. The van der Waals surface area contributed by atoms with Crippen LogP contribution in [0.3, 0.4) is 0 Å². The van der Waals surface area contributed by atoms with Crippen molar-refractivity contribution in [1.82, 2.24) is 15.3 Å². The summed E-state index contributed by atoms with van der Waals surface area (Å²) in [5.74, 6) is -0.109. The maximum Gasteiger partial charge on any atom is 0.335 e. The van der Waals surface area contributed by atoms with Crippen molar-refractivity contribution in [1.29, 1.82) is 0 Å². The Balaban J connectivity index is 0.000000320. The molecule has 4 bridgehead atoms. The van der Waals surface area contributed by atoms with Gasteiger partial charge in [0.05, 0.1) is 23.8 Å². The maximum absolute atomic E-state index is 13.5. The van der Waals surface area contributed by atoms with Gasteiger partial charge in [-0.3, -0.25) is 4.79 Å². The number of aromatic amines is 1. The Bertz CT molecular complexity index is 1590. The van der Waals surface area contributed by atoms with Gasteiger partial charge in [0, 0.05) is 23.5 Å². The highest BCUT2D eigenvalue weighted by atomic mass is 16.4. The smallest absolute Gasteiger partial charge is 0.335 e. The minimum Gasteiger partial charge on any atom is -0.478 e. The van der Waals surface area contributed by atoms with Gasteiger partial charge in [0.2, 0.25) is 0 Å². The zero-order chi connectivity index (χ0) is 36.2. The number of carboxylic acids is 2. The van der Waals surface area contributed by atoms with E-state index in [1.807, 2.05) is 30.3 Å². The Kier molecular flexibility index (Phi) is 11.7. The summed E-state index contributed by atoms with van der Waals surface area (Å²) < 4.78 is 0. The molecule has 1 aromatic heterocycles. The lowest BCUT2D eigenvalue weighted by molar-refractivity contribution is -0.113. The van der Waals surface area contributed by atoms with Crippen LogP contribution in [0.5, 0.6) is 0 Å². The molecule has 4 aliphatic rings. The largest absolute Gasteiger partial charge is 0.478 e. The van der Waals surface area contributed by atoms with E-state index in [2.05, 4.69) is 20.6 Å². The number of amides is 1. The van der Waals surface area contributed by atoms with Crippen LogP contribution in [0.4, 0.5) is 5.69 Å². The first kappa shape index (κ1) is 37.1. The highest BCUT2D eigenvalue weighted by molar-refractivity contribution is 6.05. The minimum atomic E-state index is -1.55. The molecule has 10 N–H and O–H groups in total. The number of aromatic nitrogens is 2. The number of anilines is 1. The van der Waals surface area contributed by atoms with E-state index in [-0.39, 0.29) is 34.5 Å². The lowest BCUT2D eigenvalue weighted by atomic mass is 9.48. The van der Waals surface area contributed by atoms with Gasteiger partial charge < -0.3 is 51.4 Å². The number of H-pyrrole nitrogens is 1. The molecule has 14 nitrogen and oxygen atoms in total. The monoisotopic (exact) mass is 694 g/mol. The Hall–Kier alpha value is -4.18. The van der Waals surface area contributed by atoms with Gasteiger partial charge in [-0.05, 0) is 93.4 Å². The third-order valence-electron chi connectivity index (χ3n) is 10.2. The van der Waals surface area contributed by atoms with Crippen molar-refractivity contribution in [2.24, 2.45) is 23.2 Å². The number of carbonyl (C=O) groups excluding carboxylic acids is 1. The van der Waals surface area contributed by atoms with Gasteiger partial charge in [-0.2, -0.15) is 0 Å². The second kappa shape index (κ2) is 15.8. The Labute approximate surface area is 289 Å². The van der Waals surface area contributed by atoms with Gasteiger partial charge in [-0.15, -0.1) is 0 Å². The fraction of sp³-hybridized carbons (Fsp3) is 0.500. The van der Waals surface area contributed by atoms with Gasteiger partial charge in [-0.25, -0.2) is 14.6 Å². The van der Waals surface area contributed by atoms with Crippen molar-refractivity contribution in [3.05, 3.63) is 71.0 Å². The number of rotatable bonds is 13. The van der Waals surface area contributed by atoms with Crippen molar-refractivity contribution < 1.29 is 50.1 Å². The van der Waals surface area contributed by atoms with Crippen LogP contribution in [0.25, 0.3) is 11.4 Å². The molecule has 0 radical (unpaired) electrons. The summed E-state index contributed by atoms with van der Waals surface area (Å²) in [6.07, 6.45) is 2.64. The van der Waals surface area contributed by atoms with Crippen LogP contribution in [-0.4, -0.2) is 108 Å². The molecule has 2 aromatic carbocycles. The molecular formula is C36H46N4O10. The van der Waals surface area contributed by atoms with E-state index >= 15 is 0 Å². The number of aliphatic hydroxyl groups excluding tert-OH is 5. The molecule has 1 heterocycles. The summed E-state index contributed by atoms with van der Waals surface area (Å²) in [6, 6.07) is 13.2. The van der Waals surface area contributed by atoms with Gasteiger partial charge >= 0.3 is 11.9 Å².